The summed E-state index contributed by atoms with van der Waals surface area (Å²) in [4.78, 5) is 30.6. The predicted molar refractivity (Wildman–Crippen MR) is 64.0 cm³/mol. The number of nitrogens with zero attached hydrogens (tertiary/aromatic N) is 3. The van der Waals surface area contributed by atoms with Crippen molar-refractivity contribution in [1.82, 2.24) is 14.5 Å². The molecule has 0 spiro atoms. The Morgan fingerprint density at radius 3 is 2.72 bits per heavy atom. The van der Waals surface area contributed by atoms with Crippen LogP contribution in [0.2, 0.25) is 5.02 Å². The number of rotatable bonds is 2. The number of ether oxygens (including phenoxy) is 1. The molecule has 0 amide bonds. The van der Waals surface area contributed by atoms with Crippen molar-refractivity contribution in [3.63, 3.8) is 0 Å². The summed E-state index contributed by atoms with van der Waals surface area (Å²) in [5.41, 5.74) is -0.226. The summed E-state index contributed by atoms with van der Waals surface area (Å²) in [5.74, 6) is -0.317. The van der Waals surface area contributed by atoms with Gasteiger partial charge in [0.2, 0.25) is 0 Å². The molecule has 0 unspecified atom stereocenters. The van der Waals surface area contributed by atoms with Crippen LogP contribution in [0.25, 0.3) is 5.82 Å². The first-order chi connectivity index (χ1) is 8.61. The summed E-state index contributed by atoms with van der Waals surface area (Å²) >= 11 is 5.79. The predicted octanol–water partition coefficient (Wildman–Crippen LogP) is 1.07. The third-order valence-electron chi connectivity index (χ3n) is 2.15. The summed E-state index contributed by atoms with van der Waals surface area (Å²) in [6, 6.07) is 2.80. The number of aromatic nitrogens is 3. The van der Waals surface area contributed by atoms with Crippen LogP contribution in [0.3, 0.4) is 0 Å². The molecule has 0 aliphatic heterocycles. The molecular formula is C11H8ClN3O3. The minimum Gasteiger partial charge on any atom is -0.464 e. The maximum atomic E-state index is 11.6. The number of halogens is 1. The average Bonchev–Trinajstić information content (AvgIpc) is 2.41. The van der Waals surface area contributed by atoms with Crippen LogP contribution in [0, 0.1) is 0 Å². The monoisotopic (exact) mass is 265 g/mol. The standard InChI is InChI=1S/C11H8ClN3O3/c1-18-11(17)8-4-14-9(5-13-8)15-6-7(12)2-3-10(15)16/h2-6H,1H3. The summed E-state index contributed by atoms with van der Waals surface area (Å²) in [6.07, 6.45) is 3.95. The molecule has 6 nitrogen and oxygen atoms in total. The lowest BCUT2D eigenvalue weighted by atomic mass is 10.4. The lowest BCUT2D eigenvalue weighted by Gasteiger charge is -2.04. The molecule has 0 aliphatic carbocycles. The highest BCUT2D eigenvalue weighted by Crippen LogP contribution is 2.07. The van der Waals surface area contributed by atoms with E-state index in [0.29, 0.717) is 5.02 Å². The topological polar surface area (TPSA) is 74.1 Å². The van der Waals surface area contributed by atoms with E-state index < -0.39 is 5.97 Å². The van der Waals surface area contributed by atoms with Crippen LogP contribution in [0.1, 0.15) is 10.5 Å². The highest BCUT2D eigenvalue weighted by Gasteiger charge is 2.08. The molecule has 2 heterocycles. The Balaban J connectivity index is 2.43. The van der Waals surface area contributed by atoms with E-state index in [1.807, 2.05) is 0 Å². The van der Waals surface area contributed by atoms with E-state index >= 15 is 0 Å². The number of hydrogen-bond acceptors (Lipinski definition) is 5. The number of pyridine rings is 1. The van der Waals surface area contributed by atoms with Crippen molar-refractivity contribution in [3.05, 3.63) is 51.8 Å². The van der Waals surface area contributed by atoms with Crippen LogP contribution in [0.15, 0.2) is 35.5 Å². The Morgan fingerprint density at radius 2 is 2.11 bits per heavy atom. The molecule has 0 atom stereocenters. The minimum atomic E-state index is -0.590. The fraction of sp³-hybridized carbons (Fsp3) is 0.0909. The van der Waals surface area contributed by atoms with Gasteiger partial charge in [0.25, 0.3) is 5.56 Å². The van der Waals surface area contributed by atoms with Crippen LogP contribution >= 0.6 is 11.6 Å². The Hall–Kier alpha value is -2.21. The van der Waals surface area contributed by atoms with Crippen molar-refractivity contribution in [3.8, 4) is 5.82 Å². The Bertz CT molecular complexity index is 637. The third-order valence-corrected chi connectivity index (χ3v) is 2.38. The second kappa shape index (κ2) is 4.97. The maximum absolute atomic E-state index is 11.6. The van der Waals surface area contributed by atoms with Gasteiger partial charge < -0.3 is 4.74 Å². The van der Waals surface area contributed by atoms with E-state index in [9.17, 15) is 9.59 Å². The second-order valence-electron chi connectivity index (χ2n) is 3.31. The first kappa shape index (κ1) is 12.3. The number of carbonyl (C=O) groups is 1. The molecule has 0 aromatic carbocycles. The van der Waals surface area contributed by atoms with Crippen LogP contribution in [-0.2, 0) is 4.74 Å². The SMILES string of the molecule is COC(=O)c1cnc(-n2cc(Cl)ccc2=O)cn1. The molecule has 7 heteroatoms. The Labute approximate surface area is 107 Å². The fourth-order valence-corrected chi connectivity index (χ4v) is 1.46. The smallest absolute Gasteiger partial charge is 0.358 e. The zero-order valence-electron chi connectivity index (χ0n) is 9.33. The Kier molecular flexibility index (Phi) is 3.38. The fourth-order valence-electron chi connectivity index (χ4n) is 1.30. The molecule has 0 aliphatic rings. The van der Waals surface area contributed by atoms with Gasteiger partial charge in [0.05, 0.1) is 24.5 Å². The van der Waals surface area contributed by atoms with Gasteiger partial charge in [-0.15, -0.1) is 0 Å². The van der Waals surface area contributed by atoms with Crippen LogP contribution in [0.4, 0.5) is 0 Å². The van der Waals surface area contributed by atoms with Crippen molar-refractivity contribution in [1.29, 1.82) is 0 Å². The summed E-state index contributed by atoms with van der Waals surface area (Å²) in [6.45, 7) is 0. The molecule has 18 heavy (non-hydrogen) atoms. The van der Waals surface area contributed by atoms with Gasteiger partial charge in [-0.2, -0.15) is 0 Å². The van der Waals surface area contributed by atoms with Gasteiger partial charge in [0.15, 0.2) is 11.5 Å². The summed E-state index contributed by atoms with van der Waals surface area (Å²) in [5, 5.41) is 0.397. The lowest BCUT2D eigenvalue weighted by Crippen LogP contribution is -2.18. The number of carbonyl (C=O) groups excluding carboxylic acids is 1. The highest BCUT2D eigenvalue weighted by molar-refractivity contribution is 6.30. The molecule has 92 valence electrons. The molecule has 0 N–H and O–H groups in total. The molecule has 2 aromatic heterocycles. The van der Waals surface area contributed by atoms with Gasteiger partial charge in [-0.1, -0.05) is 11.6 Å². The first-order valence-corrected chi connectivity index (χ1v) is 5.28. The van der Waals surface area contributed by atoms with Crippen LogP contribution in [0.5, 0.6) is 0 Å². The number of methoxy groups -OCH3 is 1. The largest absolute Gasteiger partial charge is 0.464 e. The third kappa shape index (κ3) is 2.38. The van der Waals surface area contributed by atoms with Crippen molar-refractivity contribution in [2.24, 2.45) is 0 Å². The highest BCUT2D eigenvalue weighted by atomic mass is 35.5. The Morgan fingerprint density at radius 1 is 1.33 bits per heavy atom. The minimum absolute atomic E-state index is 0.0660. The molecule has 0 bridgehead atoms. The van der Waals surface area contributed by atoms with E-state index in [4.69, 9.17) is 11.6 Å². The van der Waals surface area contributed by atoms with Gasteiger partial charge in [0.1, 0.15) is 0 Å². The van der Waals surface area contributed by atoms with Gasteiger partial charge in [-0.05, 0) is 6.07 Å². The van der Waals surface area contributed by atoms with Gasteiger partial charge in [0, 0.05) is 12.3 Å². The first-order valence-electron chi connectivity index (χ1n) is 4.91. The molecule has 0 saturated carbocycles. The quantitative estimate of drug-likeness (QED) is 0.759. The lowest BCUT2D eigenvalue weighted by molar-refractivity contribution is 0.0593. The van der Waals surface area contributed by atoms with E-state index in [1.54, 1.807) is 0 Å². The second-order valence-corrected chi connectivity index (χ2v) is 3.74. The molecule has 2 aromatic rings. The van der Waals surface area contributed by atoms with E-state index in [-0.39, 0.29) is 17.1 Å². The number of esters is 1. The zero-order chi connectivity index (χ0) is 13.1. The maximum Gasteiger partial charge on any atom is 0.358 e. The van der Waals surface area contributed by atoms with E-state index in [0.717, 1.165) is 0 Å². The van der Waals surface area contributed by atoms with Crippen molar-refractivity contribution in [2.45, 2.75) is 0 Å². The normalized spacial score (nSPS) is 10.1. The molecular weight excluding hydrogens is 258 g/mol. The van der Waals surface area contributed by atoms with E-state index in [2.05, 4.69) is 14.7 Å². The molecule has 2 rings (SSSR count). The molecule has 0 fully saturated rings. The van der Waals surface area contributed by atoms with Crippen molar-refractivity contribution >= 4 is 17.6 Å². The van der Waals surface area contributed by atoms with Crippen molar-refractivity contribution in [2.75, 3.05) is 7.11 Å². The molecule has 0 saturated heterocycles. The van der Waals surface area contributed by atoms with Gasteiger partial charge in [-0.3, -0.25) is 9.36 Å². The van der Waals surface area contributed by atoms with Crippen LogP contribution in [-0.4, -0.2) is 27.6 Å². The van der Waals surface area contributed by atoms with E-state index in [1.165, 1.54) is 42.4 Å². The average molecular weight is 266 g/mol. The number of hydrogen-bond donors (Lipinski definition) is 0. The summed E-state index contributed by atoms with van der Waals surface area (Å²) in [7, 11) is 1.25. The van der Waals surface area contributed by atoms with Gasteiger partial charge >= 0.3 is 5.97 Å². The van der Waals surface area contributed by atoms with Gasteiger partial charge in [-0.25, -0.2) is 14.8 Å². The zero-order valence-corrected chi connectivity index (χ0v) is 10.1. The molecule has 0 radical (unpaired) electrons. The summed E-state index contributed by atoms with van der Waals surface area (Å²) < 4.78 is 5.73. The van der Waals surface area contributed by atoms with Crippen molar-refractivity contribution < 1.29 is 9.53 Å². The van der Waals surface area contributed by atoms with Crippen LogP contribution < -0.4 is 5.56 Å².